The number of ether oxygens (including phenoxy) is 1. The van der Waals surface area contributed by atoms with Gasteiger partial charge < -0.3 is 15.0 Å². The zero-order valence-electron chi connectivity index (χ0n) is 11.9. The van der Waals surface area contributed by atoms with E-state index in [-0.39, 0.29) is 12.5 Å². The van der Waals surface area contributed by atoms with Gasteiger partial charge >= 0.3 is 0 Å². The van der Waals surface area contributed by atoms with E-state index in [9.17, 15) is 18.0 Å². The van der Waals surface area contributed by atoms with Gasteiger partial charge in [-0.2, -0.15) is 0 Å². The van der Waals surface area contributed by atoms with Gasteiger partial charge in [0.15, 0.2) is 9.84 Å². The van der Waals surface area contributed by atoms with E-state index in [1.54, 1.807) is 4.90 Å². The van der Waals surface area contributed by atoms with Crippen molar-refractivity contribution >= 4 is 21.7 Å². The Balaban J connectivity index is 2.49. The van der Waals surface area contributed by atoms with Crippen LogP contribution in [0.15, 0.2) is 0 Å². The van der Waals surface area contributed by atoms with E-state index in [2.05, 4.69) is 5.32 Å². The molecular formula is C12H22N2O5S. The fraction of sp³-hybridized carbons (Fsp3) is 0.833. The van der Waals surface area contributed by atoms with Crippen molar-refractivity contribution in [2.45, 2.75) is 25.0 Å². The lowest BCUT2D eigenvalue weighted by molar-refractivity contribution is -0.136. The molecular weight excluding hydrogens is 284 g/mol. The van der Waals surface area contributed by atoms with Crippen molar-refractivity contribution in [1.82, 2.24) is 10.2 Å². The number of sulfone groups is 1. The highest BCUT2D eigenvalue weighted by molar-refractivity contribution is 7.92. The minimum atomic E-state index is -3.44. The lowest BCUT2D eigenvalue weighted by Crippen LogP contribution is -2.45. The number of piperidine rings is 1. The Morgan fingerprint density at radius 2 is 1.90 bits per heavy atom. The van der Waals surface area contributed by atoms with Crippen LogP contribution in [0.4, 0.5) is 0 Å². The minimum Gasteiger partial charge on any atom is -0.372 e. The third-order valence-corrected chi connectivity index (χ3v) is 5.50. The first-order valence-electron chi connectivity index (χ1n) is 6.68. The van der Waals surface area contributed by atoms with Crippen LogP contribution >= 0.6 is 0 Å². The van der Waals surface area contributed by atoms with Gasteiger partial charge in [-0.05, 0) is 19.8 Å². The van der Waals surface area contributed by atoms with E-state index in [1.165, 1.54) is 7.05 Å². The molecule has 1 aliphatic rings. The van der Waals surface area contributed by atoms with Crippen LogP contribution in [-0.4, -0.2) is 69.5 Å². The third-order valence-electron chi connectivity index (χ3n) is 3.34. The highest BCUT2D eigenvalue weighted by Crippen LogP contribution is 2.18. The number of hydrogen-bond donors (Lipinski definition) is 1. The van der Waals surface area contributed by atoms with Crippen molar-refractivity contribution in [3.8, 4) is 0 Å². The molecule has 1 N–H and O–H groups in total. The Labute approximate surface area is 119 Å². The summed E-state index contributed by atoms with van der Waals surface area (Å²) < 4.78 is 29.1. The number of amides is 2. The highest BCUT2D eigenvalue weighted by atomic mass is 32.2. The first-order valence-corrected chi connectivity index (χ1v) is 8.40. The summed E-state index contributed by atoms with van der Waals surface area (Å²) in [6.45, 7) is 3.10. The first-order chi connectivity index (χ1) is 9.40. The molecule has 7 nitrogen and oxygen atoms in total. The van der Waals surface area contributed by atoms with E-state index < -0.39 is 26.7 Å². The van der Waals surface area contributed by atoms with Gasteiger partial charge in [-0.25, -0.2) is 8.42 Å². The average Bonchev–Trinajstić information content (AvgIpc) is 2.44. The summed E-state index contributed by atoms with van der Waals surface area (Å²) >= 11 is 0. The largest absolute Gasteiger partial charge is 0.372 e. The van der Waals surface area contributed by atoms with Gasteiger partial charge in [-0.15, -0.1) is 0 Å². The number of carbonyl (C=O) groups is 2. The molecule has 1 fully saturated rings. The van der Waals surface area contributed by atoms with Crippen LogP contribution in [0, 0.1) is 0 Å². The van der Waals surface area contributed by atoms with Crippen molar-refractivity contribution in [1.29, 1.82) is 0 Å². The van der Waals surface area contributed by atoms with Crippen molar-refractivity contribution in [3.05, 3.63) is 0 Å². The normalized spacial score (nSPS) is 17.0. The number of likely N-dealkylation sites (tertiary alicyclic amines) is 1. The Morgan fingerprint density at radius 1 is 1.30 bits per heavy atom. The topological polar surface area (TPSA) is 92.8 Å². The number of rotatable bonds is 6. The molecule has 1 heterocycles. The fourth-order valence-corrected chi connectivity index (χ4v) is 3.79. The highest BCUT2D eigenvalue weighted by Gasteiger charge is 2.32. The first kappa shape index (κ1) is 16.9. The monoisotopic (exact) mass is 306 g/mol. The van der Waals surface area contributed by atoms with Crippen LogP contribution < -0.4 is 5.32 Å². The third kappa shape index (κ3) is 4.75. The molecule has 0 aromatic carbocycles. The van der Waals surface area contributed by atoms with Gasteiger partial charge in [0.05, 0.1) is 5.25 Å². The summed E-state index contributed by atoms with van der Waals surface area (Å²) in [5.74, 6) is -1.10. The number of carbonyl (C=O) groups excluding carboxylic acids is 2. The van der Waals surface area contributed by atoms with Gasteiger partial charge in [-0.1, -0.05) is 0 Å². The van der Waals surface area contributed by atoms with Crippen molar-refractivity contribution in [2.75, 3.05) is 39.1 Å². The second kappa shape index (κ2) is 7.58. The summed E-state index contributed by atoms with van der Waals surface area (Å²) in [5, 5.41) is 1.77. The average molecular weight is 306 g/mol. The molecule has 0 aromatic rings. The summed E-state index contributed by atoms with van der Waals surface area (Å²) in [4.78, 5) is 24.5. The quantitative estimate of drug-likeness (QED) is 0.692. The van der Waals surface area contributed by atoms with Crippen molar-refractivity contribution in [3.63, 3.8) is 0 Å². The summed E-state index contributed by atoms with van der Waals surface area (Å²) in [6, 6.07) is 0. The molecule has 0 unspecified atom stereocenters. The number of nitrogens with one attached hydrogen (secondary N) is 1. The molecule has 0 atom stereocenters. The zero-order valence-corrected chi connectivity index (χ0v) is 12.7. The van der Waals surface area contributed by atoms with E-state index in [4.69, 9.17) is 4.74 Å². The van der Waals surface area contributed by atoms with E-state index in [1.807, 2.05) is 6.92 Å². The van der Waals surface area contributed by atoms with Gasteiger partial charge in [-0.3, -0.25) is 9.59 Å². The molecule has 1 rings (SSSR count). The Kier molecular flexibility index (Phi) is 6.41. The predicted octanol–water partition coefficient (Wildman–Crippen LogP) is -0.825. The fourth-order valence-electron chi connectivity index (χ4n) is 2.12. The summed E-state index contributed by atoms with van der Waals surface area (Å²) in [6.07, 6.45) is 0.744. The second-order valence-corrected chi connectivity index (χ2v) is 6.98. The molecule has 0 saturated carbocycles. The Morgan fingerprint density at radius 3 is 2.40 bits per heavy atom. The summed E-state index contributed by atoms with van der Waals surface area (Å²) in [7, 11) is -2.03. The van der Waals surface area contributed by atoms with Crippen LogP contribution in [0.3, 0.4) is 0 Å². The van der Waals surface area contributed by atoms with E-state index in [0.29, 0.717) is 32.5 Å². The smallest absolute Gasteiger partial charge is 0.248 e. The SMILES string of the molecule is CCOCC(=O)N1CCC(S(=O)(=O)CC(=O)NC)CC1. The Hall–Kier alpha value is -1.15. The maximum atomic E-state index is 12.0. The van der Waals surface area contributed by atoms with Crippen LogP contribution in [-0.2, 0) is 24.2 Å². The van der Waals surface area contributed by atoms with Gasteiger partial charge in [0.1, 0.15) is 12.4 Å². The predicted molar refractivity (Wildman–Crippen MR) is 73.9 cm³/mol. The van der Waals surface area contributed by atoms with Crippen molar-refractivity contribution < 1.29 is 22.7 Å². The van der Waals surface area contributed by atoms with Gasteiger partial charge in [0.25, 0.3) is 0 Å². The van der Waals surface area contributed by atoms with Crippen LogP contribution in [0.2, 0.25) is 0 Å². The van der Waals surface area contributed by atoms with Crippen LogP contribution in [0.25, 0.3) is 0 Å². The second-order valence-electron chi connectivity index (χ2n) is 4.70. The van der Waals surface area contributed by atoms with Gasteiger partial charge in [0.2, 0.25) is 11.8 Å². The molecule has 0 spiro atoms. The molecule has 0 radical (unpaired) electrons. The Bertz CT molecular complexity index is 441. The van der Waals surface area contributed by atoms with Crippen LogP contribution in [0.5, 0.6) is 0 Å². The summed E-state index contributed by atoms with van der Waals surface area (Å²) in [5.41, 5.74) is 0. The molecule has 0 aromatic heterocycles. The molecule has 20 heavy (non-hydrogen) atoms. The number of hydrogen-bond acceptors (Lipinski definition) is 5. The van der Waals surface area contributed by atoms with Crippen molar-refractivity contribution in [2.24, 2.45) is 0 Å². The molecule has 116 valence electrons. The molecule has 0 aliphatic carbocycles. The number of nitrogens with zero attached hydrogens (tertiary/aromatic N) is 1. The lowest BCUT2D eigenvalue weighted by atomic mass is 10.1. The minimum absolute atomic E-state index is 0.0339. The van der Waals surface area contributed by atoms with E-state index >= 15 is 0 Å². The molecule has 2 amide bonds. The maximum Gasteiger partial charge on any atom is 0.248 e. The lowest BCUT2D eigenvalue weighted by Gasteiger charge is -2.31. The molecule has 1 saturated heterocycles. The zero-order chi connectivity index (χ0) is 15.2. The van der Waals surface area contributed by atoms with Crippen LogP contribution in [0.1, 0.15) is 19.8 Å². The molecule has 0 bridgehead atoms. The standard InChI is InChI=1S/C12H22N2O5S/c1-3-19-8-12(16)14-6-4-10(5-7-14)20(17,18)9-11(15)13-2/h10H,3-9H2,1-2H3,(H,13,15). The molecule has 8 heteroatoms. The van der Waals surface area contributed by atoms with Gasteiger partial charge in [0, 0.05) is 26.7 Å². The maximum absolute atomic E-state index is 12.0. The van der Waals surface area contributed by atoms with E-state index in [0.717, 1.165) is 0 Å². The molecule has 1 aliphatic heterocycles.